The summed E-state index contributed by atoms with van der Waals surface area (Å²) in [5, 5.41) is 11.8. The summed E-state index contributed by atoms with van der Waals surface area (Å²) in [6, 6.07) is 0. The molecule has 0 radical (unpaired) electrons. The van der Waals surface area contributed by atoms with E-state index in [2.05, 4.69) is 5.32 Å². The summed E-state index contributed by atoms with van der Waals surface area (Å²) in [6.07, 6.45) is 1.60. The van der Waals surface area contributed by atoms with E-state index in [9.17, 15) is 9.59 Å². The highest BCUT2D eigenvalue weighted by Crippen LogP contribution is 2.30. The Morgan fingerprint density at radius 3 is 2.40 bits per heavy atom. The van der Waals surface area contributed by atoms with E-state index in [1.165, 1.54) is 0 Å². The molecule has 1 aliphatic rings. The molecule has 1 amide bonds. The van der Waals surface area contributed by atoms with Crippen molar-refractivity contribution in [2.75, 3.05) is 18.1 Å². The van der Waals surface area contributed by atoms with Crippen LogP contribution in [0.1, 0.15) is 40.0 Å². The average Bonchev–Trinajstić information content (AvgIpc) is 2.49. The molecule has 1 aliphatic heterocycles. The Bertz CT molecular complexity index is 341. The smallest absolute Gasteiger partial charge is 0.407 e. The molecule has 20 heavy (non-hydrogen) atoms. The van der Waals surface area contributed by atoms with Crippen LogP contribution in [0.3, 0.4) is 0 Å². The van der Waals surface area contributed by atoms with Crippen molar-refractivity contribution >= 4 is 23.8 Å². The number of amides is 1. The Balaban J connectivity index is 2.48. The first-order valence-electron chi connectivity index (χ1n) is 7.04. The van der Waals surface area contributed by atoms with Gasteiger partial charge >= 0.3 is 12.1 Å². The summed E-state index contributed by atoms with van der Waals surface area (Å²) >= 11 is 1.86. The number of nitrogens with one attached hydrogen (secondary N) is 1. The van der Waals surface area contributed by atoms with Gasteiger partial charge in [0.05, 0.1) is 0 Å². The number of hydrogen-bond donors (Lipinski definition) is 2. The molecule has 1 fully saturated rings. The van der Waals surface area contributed by atoms with Gasteiger partial charge < -0.3 is 15.2 Å². The number of rotatable bonds is 4. The molecule has 2 unspecified atom stereocenters. The van der Waals surface area contributed by atoms with Crippen LogP contribution in [0.5, 0.6) is 0 Å². The van der Waals surface area contributed by atoms with Crippen molar-refractivity contribution in [3.8, 4) is 0 Å². The summed E-state index contributed by atoms with van der Waals surface area (Å²) in [5.41, 5.74) is -0.510. The number of ether oxygens (including phenoxy) is 1. The van der Waals surface area contributed by atoms with Crippen LogP contribution in [-0.4, -0.2) is 40.8 Å². The van der Waals surface area contributed by atoms with E-state index in [1.807, 2.05) is 32.5 Å². The third-order valence-electron chi connectivity index (χ3n) is 3.28. The Morgan fingerprint density at radius 1 is 1.25 bits per heavy atom. The monoisotopic (exact) mass is 303 g/mol. The molecule has 0 aliphatic carbocycles. The molecule has 0 spiro atoms. The molecule has 1 saturated heterocycles. The van der Waals surface area contributed by atoms with Crippen LogP contribution < -0.4 is 5.32 Å². The number of hydrogen-bond acceptors (Lipinski definition) is 4. The van der Waals surface area contributed by atoms with Crippen molar-refractivity contribution < 1.29 is 19.4 Å². The van der Waals surface area contributed by atoms with Crippen LogP contribution in [0.2, 0.25) is 0 Å². The number of carboxylic acids is 1. The van der Waals surface area contributed by atoms with Crippen molar-refractivity contribution in [3.63, 3.8) is 0 Å². The predicted octanol–water partition coefficient (Wildman–Crippen LogP) is 2.75. The van der Waals surface area contributed by atoms with Gasteiger partial charge in [0.15, 0.2) is 0 Å². The second-order valence-corrected chi connectivity index (χ2v) is 7.42. The topological polar surface area (TPSA) is 75.6 Å². The largest absolute Gasteiger partial charge is 0.481 e. The van der Waals surface area contributed by atoms with Crippen molar-refractivity contribution in [1.82, 2.24) is 5.32 Å². The molecule has 0 bridgehead atoms. The first-order chi connectivity index (χ1) is 9.28. The average molecular weight is 303 g/mol. The molecule has 0 aromatic rings. The van der Waals surface area contributed by atoms with Gasteiger partial charge in [-0.25, -0.2) is 4.79 Å². The fourth-order valence-corrected chi connectivity index (χ4v) is 3.48. The highest BCUT2D eigenvalue weighted by atomic mass is 32.2. The van der Waals surface area contributed by atoms with Gasteiger partial charge in [0.25, 0.3) is 0 Å². The molecule has 0 aromatic carbocycles. The zero-order valence-corrected chi connectivity index (χ0v) is 13.3. The summed E-state index contributed by atoms with van der Waals surface area (Å²) in [4.78, 5) is 22.6. The van der Waals surface area contributed by atoms with Gasteiger partial charge in [-0.2, -0.15) is 11.8 Å². The number of carboxylic acid groups (broad SMARTS) is 1. The lowest BCUT2D eigenvalue weighted by atomic mass is 9.85. The number of carbonyl (C=O) groups excluding carboxylic acids is 1. The maximum absolute atomic E-state index is 11.7. The number of carbonyl (C=O) groups is 2. The second kappa shape index (κ2) is 7.76. The van der Waals surface area contributed by atoms with Gasteiger partial charge in [-0.05, 0) is 57.0 Å². The Morgan fingerprint density at radius 2 is 1.85 bits per heavy atom. The van der Waals surface area contributed by atoms with E-state index in [0.29, 0.717) is 6.54 Å². The predicted molar refractivity (Wildman–Crippen MR) is 80.0 cm³/mol. The lowest BCUT2D eigenvalue weighted by molar-refractivity contribution is -0.138. The molecule has 5 nitrogen and oxygen atoms in total. The molecule has 116 valence electrons. The van der Waals surface area contributed by atoms with Gasteiger partial charge in [0.2, 0.25) is 0 Å². The van der Waals surface area contributed by atoms with E-state index in [4.69, 9.17) is 9.84 Å². The van der Waals surface area contributed by atoms with Crippen LogP contribution in [-0.2, 0) is 9.53 Å². The second-order valence-electron chi connectivity index (χ2n) is 6.19. The standard InChI is InChI=1S/C14H25NO4S/c1-14(2,3)19-13(18)15-9-11-5-7-20-6-4-10(11)8-12(16)17/h10-11H,4-9H2,1-3H3,(H,15,18)(H,16,17). The SMILES string of the molecule is CC(C)(C)OC(=O)NCC1CCSCCC1CC(=O)O. The maximum Gasteiger partial charge on any atom is 0.407 e. The molecular formula is C14H25NO4S. The van der Waals surface area contributed by atoms with Gasteiger partial charge in [0, 0.05) is 13.0 Å². The normalized spacial score (nSPS) is 23.8. The summed E-state index contributed by atoms with van der Waals surface area (Å²) in [7, 11) is 0. The summed E-state index contributed by atoms with van der Waals surface area (Å²) in [6.45, 7) is 5.96. The lowest BCUT2D eigenvalue weighted by Crippen LogP contribution is -2.37. The quantitative estimate of drug-likeness (QED) is 0.835. The van der Waals surface area contributed by atoms with Crippen LogP contribution in [0.25, 0.3) is 0 Å². The minimum absolute atomic E-state index is 0.137. The molecule has 1 heterocycles. The van der Waals surface area contributed by atoms with Crippen LogP contribution in [0, 0.1) is 11.8 Å². The van der Waals surface area contributed by atoms with Crippen molar-refractivity contribution in [2.45, 2.75) is 45.6 Å². The van der Waals surface area contributed by atoms with E-state index >= 15 is 0 Å². The minimum Gasteiger partial charge on any atom is -0.481 e. The van der Waals surface area contributed by atoms with Crippen LogP contribution >= 0.6 is 11.8 Å². The van der Waals surface area contributed by atoms with Gasteiger partial charge in [0.1, 0.15) is 5.60 Å². The number of aliphatic carboxylic acids is 1. The maximum atomic E-state index is 11.7. The first kappa shape index (κ1) is 17.1. The van der Waals surface area contributed by atoms with Crippen molar-refractivity contribution in [2.24, 2.45) is 11.8 Å². The molecule has 0 saturated carbocycles. The third-order valence-corrected chi connectivity index (χ3v) is 4.33. The molecule has 0 aromatic heterocycles. The number of thioether (sulfide) groups is 1. The molecule has 2 N–H and O–H groups in total. The third kappa shape index (κ3) is 7.03. The Labute approximate surface area is 124 Å². The van der Waals surface area contributed by atoms with E-state index in [0.717, 1.165) is 24.3 Å². The zero-order valence-electron chi connectivity index (χ0n) is 12.5. The fraction of sp³-hybridized carbons (Fsp3) is 0.857. The van der Waals surface area contributed by atoms with Gasteiger partial charge in [-0.1, -0.05) is 0 Å². The molecule has 6 heteroatoms. The van der Waals surface area contributed by atoms with Crippen LogP contribution in [0.4, 0.5) is 4.79 Å². The Hall–Kier alpha value is -0.910. The van der Waals surface area contributed by atoms with E-state index < -0.39 is 17.7 Å². The lowest BCUT2D eigenvalue weighted by Gasteiger charge is -2.25. The van der Waals surface area contributed by atoms with Crippen molar-refractivity contribution in [3.05, 3.63) is 0 Å². The number of alkyl carbamates (subject to hydrolysis) is 1. The minimum atomic E-state index is -0.760. The highest BCUT2D eigenvalue weighted by Gasteiger charge is 2.27. The molecular weight excluding hydrogens is 278 g/mol. The molecule has 1 rings (SSSR count). The zero-order chi connectivity index (χ0) is 15.2. The fourth-order valence-electron chi connectivity index (χ4n) is 2.33. The highest BCUT2D eigenvalue weighted by molar-refractivity contribution is 7.99. The van der Waals surface area contributed by atoms with Crippen molar-refractivity contribution in [1.29, 1.82) is 0 Å². The first-order valence-corrected chi connectivity index (χ1v) is 8.20. The van der Waals surface area contributed by atoms with Crippen LogP contribution in [0.15, 0.2) is 0 Å². The van der Waals surface area contributed by atoms with E-state index in [-0.39, 0.29) is 18.3 Å². The van der Waals surface area contributed by atoms with Gasteiger partial charge in [-0.3, -0.25) is 4.79 Å². The molecule has 2 atom stereocenters. The summed E-state index contributed by atoms with van der Waals surface area (Å²) < 4.78 is 5.20. The van der Waals surface area contributed by atoms with E-state index in [1.54, 1.807) is 0 Å². The summed E-state index contributed by atoms with van der Waals surface area (Å²) in [5.74, 6) is 1.62. The Kier molecular flexibility index (Phi) is 6.65. The van der Waals surface area contributed by atoms with Gasteiger partial charge in [-0.15, -0.1) is 0 Å².